The molecule has 0 aliphatic heterocycles. The van der Waals surface area contributed by atoms with Crippen molar-refractivity contribution < 1.29 is 19.7 Å². The second-order valence-electron chi connectivity index (χ2n) is 4.57. The summed E-state index contributed by atoms with van der Waals surface area (Å²) >= 11 is 7.89. The van der Waals surface area contributed by atoms with Crippen LogP contribution in [0, 0.1) is 20.2 Å². The number of ketones is 1. The van der Waals surface area contributed by atoms with Crippen LogP contribution in [-0.4, -0.2) is 27.3 Å². The molecule has 0 amide bonds. The summed E-state index contributed by atoms with van der Waals surface area (Å²) in [7, 11) is 0. The molecule has 0 saturated carbocycles. The van der Waals surface area contributed by atoms with E-state index >= 15 is 0 Å². The highest BCUT2D eigenvalue weighted by Gasteiger charge is 2.19. The molecule has 2 aromatic carbocycles. The average molecular weight is 382 g/mol. The molecular formula is C15H14N2O6S2. The van der Waals surface area contributed by atoms with Gasteiger partial charge in [-0.3, -0.25) is 25.0 Å². The highest BCUT2D eigenvalue weighted by atomic mass is 32.1. The third-order valence-corrected chi connectivity index (χ3v) is 3.62. The van der Waals surface area contributed by atoms with E-state index in [4.69, 9.17) is 5.11 Å². The van der Waals surface area contributed by atoms with Crippen molar-refractivity contribution in [3.05, 3.63) is 67.8 Å². The number of benzene rings is 2. The van der Waals surface area contributed by atoms with Crippen molar-refractivity contribution >= 4 is 42.4 Å². The second-order valence-corrected chi connectivity index (χ2v) is 5.53. The topological polar surface area (TPSA) is 124 Å². The molecule has 2 rings (SSSR count). The van der Waals surface area contributed by atoms with Crippen LogP contribution >= 0.6 is 25.3 Å². The summed E-state index contributed by atoms with van der Waals surface area (Å²) < 4.78 is 0. The van der Waals surface area contributed by atoms with Gasteiger partial charge in [0.25, 0.3) is 11.4 Å². The SMILES string of the molecule is CCO.O=C(c1ccc(S)c([N+](=O)[O-])c1)c1ccc(S)c([N+](=O)[O-])c1. The second kappa shape index (κ2) is 9.16. The third kappa shape index (κ3) is 5.28. The highest BCUT2D eigenvalue weighted by Crippen LogP contribution is 2.27. The molecule has 0 unspecified atom stereocenters. The fraction of sp³-hybridized carbons (Fsp3) is 0.133. The van der Waals surface area contributed by atoms with E-state index in [0.29, 0.717) is 0 Å². The van der Waals surface area contributed by atoms with Crippen molar-refractivity contribution in [1.82, 2.24) is 0 Å². The smallest absolute Gasteiger partial charge is 0.283 e. The third-order valence-electron chi connectivity index (χ3n) is 2.87. The van der Waals surface area contributed by atoms with Gasteiger partial charge in [-0.2, -0.15) is 0 Å². The molecular weight excluding hydrogens is 368 g/mol. The molecule has 0 atom stereocenters. The normalized spacial score (nSPS) is 9.76. The van der Waals surface area contributed by atoms with E-state index in [1.54, 1.807) is 6.92 Å². The van der Waals surface area contributed by atoms with Crippen LogP contribution in [-0.2, 0) is 0 Å². The van der Waals surface area contributed by atoms with Gasteiger partial charge in [0.2, 0.25) is 0 Å². The first-order valence-electron chi connectivity index (χ1n) is 6.83. The van der Waals surface area contributed by atoms with Gasteiger partial charge < -0.3 is 5.11 Å². The predicted octanol–water partition coefficient (Wildman–Crippen LogP) is 3.31. The summed E-state index contributed by atoms with van der Waals surface area (Å²) in [5, 5.41) is 29.3. The summed E-state index contributed by atoms with van der Waals surface area (Å²) in [4.78, 5) is 33.0. The maximum atomic E-state index is 12.3. The number of nitrogens with zero attached hydrogens (tertiary/aromatic N) is 2. The van der Waals surface area contributed by atoms with Crippen LogP contribution in [0.1, 0.15) is 22.8 Å². The average Bonchev–Trinajstić information content (AvgIpc) is 2.55. The number of aliphatic hydroxyl groups excluding tert-OH is 1. The van der Waals surface area contributed by atoms with Crippen LogP contribution in [0.3, 0.4) is 0 Å². The van der Waals surface area contributed by atoms with Gasteiger partial charge in [0.05, 0.1) is 19.6 Å². The van der Waals surface area contributed by atoms with Crippen molar-refractivity contribution in [1.29, 1.82) is 0 Å². The summed E-state index contributed by atoms with van der Waals surface area (Å²) in [6.45, 7) is 1.93. The summed E-state index contributed by atoms with van der Waals surface area (Å²) in [5.41, 5.74) is -0.527. The number of carbonyl (C=O) groups excluding carboxylic acids is 1. The Morgan fingerprint density at radius 1 is 0.960 bits per heavy atom. The lowest BCUT2D eigenvalue weighted by Gasteiger charge is -2.04. The Bertz CT molecular complexity index is 760. The molecule has 25 heavy (non-hydrogen) atoms. The van der Waals surface area contributed by atoms with Crippen LogP contribution in [0.15, 0.2) is 46.2 Å². The van der Waals surface area contributed by atoms with Gasteiger partial charge in [0.15, 0.2) is 5.78 Å². The monoisotopic (exact) mass is 382 g/mol. The molecule has 0 heterocycles. The lowest BCUT2D eigenvalue weighted by Crippen LogP contribution is -2.04. The van der Waals surface area contributed by atoms with Gasteiger partial charge in [0.1, 0.15) is 0 Å². The number of rotatable bonds is 4. The molecule has 0 aliphatic rings. The quantitative estimate of drug-likeness (QED) is 0.323. The Balaban J connectivity index is 0.000000970. The molecule has 0 aromatic heterocycles. The van der Waals surface area contributed by atoms with Crippen LogP contribution in [0.5, 0.6) is 0 Å². The minimum absolute atomic E-state index is 0.0470. The first kappa shape index (κ1) is 20.6. The van der Waals surface area contributed by atoms with Crippen molar-refractivity contribution in [3.63, 3.8) is 0 Å². The van der Waals surface area contributed by atoms with Crippen LogP contribution in [0.2, 0.25) is 0 Å². The molecule has 10 heteroatoms. The van der Waals surface area contributed by atoms with Gasteiger partial charge in [-0.1, -0.05) is 0 Å². The van der Waals surface area contributed by atoms with E-state index in [1.807, 2.05) is 0 Å². The molecule has 0 aliphatic carbocycles. The number of nitro benzene ring substituents is 2. The molecule has 0 spiro atoms. The fourth-order valence-electron chi connectivity index (χ4n) is 1.79. The molecule has 0 fully saturated rings. The highest BCUT2D eigenvalue weighted by molar-refractivity contribution is 7.80. The number of aliphatic hydroxyl groups is 1. The van der Waals surface area contributed by atoms with Crippen molar-refractivity contribution in [3.8, 4) is 0 Å². The Hall–Kier alpha value is -2.43. The Labute approximate surface area is 153 Å². The maximum absolute atomic E-state index is 12.3. The summed E-state index contributed by atoms with van der Waals surface area (Å²) in [6.07, 6.45) is 0. The molecule has 1 N–H and O–H groups in total. The number of hydrogen-bond acceptors (Lipinski definition) is 8. The lowest BCUT2D eigenvalue weighted by molar-refractivity contribution is -0.387. The Kier molecular flexibility index (Phi) is 7.55. The zero-order valence-corrected chi connectivity index (χ0v) is 14.7. The molecule has 0 bridgehead atoms. The largest absolute Gasteiger partial charge is 0.397 e. The van der Waals surface area contributed by atoms with Gasteiger partial charge in [-0.15, -0.1) is 25.3 Å². The van der Waals surface area contributed by atoms with E-state index in [9.17, 15) is 25.0 Å². The Morgan fingerprint density at radius 2 is 1.28 bits per heavy atom. The van der Waals surface area contributed by atoms with Gasteiger partial charge >= 0.3 is 0 Å². The van der Waals surface area contributed by atoms with E-state index in [1.165, 1.54) is 24.3 Å². The van der Waals surface area contributed by atoms with E-state index in [2.05, 4.69) is 25.3 Å². The number of nitro groups is 2. The predicted molar refractivity (Wildman–Crippen MR) is 96.9 cm³/mol. The minimum atomic E-state index is -0.654. The summed E-state index contributed by atoms with van der Waals surface area (Å²) in [5.74, 6) is -0.562. The summed E-state index contributed by atoms with van der Waals surface area (Å²) in [6, 6.07) is 7.58. The van der Waals surface area contributed by atoms with Crippen molar-refractivity contribution in [2.24, 2.45) is 0 Å². The van der Waals surface area contributed by atoms with E-state index in [-0.39, 0.29) is 38.9 Å². The molecule has 132 valence electrons. The van der Waals surface area contributed by atoms with Crippen LogP contribution in [0.25, 0.3) is 0 Å². The van der Waals surface area contributed by atoms with Crippen LogP contribution in [0.4, 0.5) is 11.4 Å². The van der Waals surface area contributed by atoms with Gasteiger partial charge in [-0.05, 0) is 31.2 Å². The maximum Gasteiger partial charge on any atom is 0.283 e. The number of hydrogen-bond donors (Lipinski definition) is 3. The molecule has 8 nitrogen and oxygen atoms in total. The molecule has 0 radical (unpaired) electrons. The number of thiol groups is 2. The van der Waals surface area contributed by atoms with E-state index in [0.717, 1.165) is 12.1 Å². The molecule has 2 aromatic rings. The van der Waals surface area contributed by atoms with Crippen LogP contribution < -0.4 is 0 Å². The fourth-order valence-corrected chi connectivity index (χ4v) is 2.23. The Morgan fingerprint density at radius 3 is 1.56 bits per heavy atom. The minimum Gasteiger partial charge on any atom is -0.397 e. The lowest BCUT2D eigenvalue weighted by atomic mass is 10.0. The van der Waals surface area contributed by atoms with Crippen molar-refractivity contribution in [2.45, 2.75) is 16.7 Å². The number of carbonyl (C=O) groups is 1. The van der Waals surface area contributed by atoms with E-state index < -0.39 is 15.6 Å². The first-order chi connectivity index (χ1) is 11.7. The zero-order chi connectivity index (χ0) is 19.1. The van der Waals surface area contributed by atoms with Gasteiger partial charge in [0, 0.05) is 29.9 Å². The first-order valence-corrected chi connectivity index (χ1v) is 7.72. The zero-order valence-electron chi connectivity index (χ0n) is 12.9. The van der Waals surface area contributed by atoms with Gasteiger partial charge in [-0.25, -0.2) is 0 Å². The van der Waals surface area contributed by atoms with Crippen molar-refractivity contribution in [2.75, 3.05) is 6.61 Å². The molecule has 0 saturated heterocycles. The standard InChI is InChI=1S/C13H8N2O5S2.C2H6O/c16-13(7-1-3-11(21)9(5-7)14(17)18)8-2-4-12(22)10(6-8)15(19)20;1-2-3/h1-6,21-22H;3H,2H2,1H3.